The molecule has 0 unspecified atom stereocenters. The summed E-state index contributed by atoms with van der Waals surface area (Å²) in [5, 5.41) is 0. The molecule has 1 aromatic carbocycles. The van der Waals surface area contributed by atoms with E-state index >= 15 is 0 Å². The van der Waals surface area contributed by atoms with E-state index in [4.69, 9.17) is 15.2 Å². The minimum Gasteiger partial charge on any atom is -0.489 e. The van der Waals surface area contributed by atoms with Gasteiger partial charge >= 0.3 is 0 Å². The second-order valence-electron chi connectivity index (χ2n) is 3.71. The van der Waals surface area contributed by atoms with Crippen molar-refractivity contribution in [3.8, 4) is 5.75 Å². The normalized spacial score (nSPS) is 10.8. The van der Waals surface area contributed by atoms with Crippen molar-refractivity contribution in [3.05, 3.63) is 18.2 Å². The van der Waals surface area contributed by atoms with Crippen LogP contribution in [0.2, 0.25) is 0 Å². The molecule has 0 saturated carbocycles. The summed E-state index contributed by atoms with van der Waals surface area (Å²) < 4.78 is 10.6. The van der Waals surface area contributed by atoms with Crippen molar-refractivity contribution in [1.82, 2.24) is 0 Å². The Morgan fingerprint density at radius 2 is 2.12 bits per heavy atom. The maximum Gasteiger partial charge on any atom is 0.143 e. The standard InChI is InChI=1S/C12H19NO2S/c1-9(2)15-12-8-10(4-5-11(12)13)16-7-6-14-3/h4-5,8-9H,6-7,13H2,1-3H3. The number of hydrogen-bond donors (Lipinski definition) is 1. The lowest BCUT2D eigenvalue weighted by atomic mass is 10.3. The van der Waals surface area contributed by atoms with E-state index in [-0.39, 0.29) is 6.10 Å². The molecule has 0 amide bonds. The summed E-state index contributed by atoms with van der Waals surface area (Å²) in [6.45, 7) is 4.73. The highest BCUT2D eigenvalue weighted by molar-refractivity contribution is 7.99. The third-order valence-corrected chi connectivity index (χ3v) is 2.86. The summed E-state index contributed by atoms with van der Waals surface area (Å²) in [4.78, 5) is 1.15. The maximum atomic E-state index is 5.83. The van der Waals surface area contributed by atoms with Gasteiger partial charge in [0.05, 0.1) is 18.4 Å². The first-order valence-electron chi connectivity index (χ1n) is 5.31. The van der Waals surface area contributed by atoms with Crippen molar-refractivity contribution in [3.63, 3.8) is 0 Å². The van der Waals surface area contributed by atoms with Gasteiger partial charge in [-0.1, -0.05) is 0 Å². The van der Waals surface area contributed by atoms with Gasteiger partial charge in [-0.05, 0) is 32.0 Å². The van der Waals surface area contributed by atoms with Gasteiger partial charge in [-0.25, -0.2) is 0 Å². The first-order valence-corrected chi connectivity index (χ1v) is 6.30. The SMILES string of the molecule is COCCSc1ccc(N)c(OC(C)C)c1. The second-order valence-corrected chi connectivity index (χ2v) is 4.88. The molecule has 0 bridgehead atoms. The molecule has 90 valence electrons. The Bertz CT molecular complexity index is 329. The summed E-state index contributed by atoms with van der Waals surface area (Å²) in [5.74, 6) is 1.69. The van der Waals surface area contributed by atoms with E-state index in [2.05, 4.69) is 0 Å². The lowest BCUT2D eigenvalue weighted by molar-refractivity contribution is 0.218. The molecule has 0 radical (unpaired) electrons. The van der Waals surface area contributed by atoms with E-state index in [1.807, 2.05) is 32.0 Å². The van der Waals surface area contributed by atoms with Crippen LogP contribution in [0.5, 0.6) is 5.75 Å². The van der Waals surface area contributed by atoms with Crippen molar-refractivity contribution in [2.24, 2.45) is 0 Å². The lowest BCUT2D eigenvalue weighted by Gasteiger charge is -2.13. The largest absolute Gasteiger partial charge is 0.489 e. The summed E-state index contributed by atoms with van der Waals surface area (Å²) in [6.07, 6.45) is 0.140. The van der Waals surface area contributed by atoms with E-state index < -0.39 is 0 Å². The number of ether oxygens (including phenoxy) is 2. The van der Waals surface area contributed by atoms with Crippen molar-refractivity contribution >= 4 is 17.4 Å². The fourth-order valence-electron chi connectivity index (χ4n) is 1.20. The topological polar surface area (TPSA) is 44.5 Å². The number of anilines is 1. The molecule has 0 spiro atoms. The van der Waals surface area contributed by atoms with E-state index in [9.17, 15) is 0 Å². The Morgan fingerprint density at radius 1 is 1.38 bits per heavy atom. The number of rotatable bonds is 6. The van der Waals surface area contributed by atoms with Gasteiger partial charge in [-0.2, -0.15) is 0 Å². The molecule has 0 aliphatic heterocycles. The molecule has 0 saturated heterocycles. The van der Waals surface area contributed by atoms with Gasteiger partial charge in [0.25, 0.3) is 0 Å². The van der Waals surface area contributed by atoms with Crippen molar-refractivity contribution in [1.29, 1.82) is 0 Å². The Balaban J connectivity index is 2.65. The van der Waals surface area contributed by atoms with Gasteiger partial charge < -0.3 is 15.2 Å². The first kappa shape index (κ1) is 13.2. The molecular formula is C12H19NO2S. The molecular weight excluding hydrogens is 222 g/mol. The van der Waals surface area contributed by atoms with Gasteiger partial charge in [-0.15, -0.1) is 11.8 Å². The highest BCUT2D eigenvalue weighted by Gasteiger charge is 2.04. The number of methoxy groups -OCH3 is 1. The van der Waals surface area contributed by atoms with Crippen LogP contribution in [0.1, 0.15) is 13.8 Å². The van der Waals surface area contributed by atoms with Crippen LogP contribution in [0.15, 0.2) is 23.1 Å². The molecule has 1 rings (SSSR count). The molecule has 16 heavy (non-hydrogen) atoms. The predicted molar refractivity (Wildman–Crippen MR) is 69.2 cm³/mol. The maximum absolute atomic E-state index is 5.83. The van der Waals surface area contributed by atoms with E-state index in [1.165, 1.54) is 0 Å². The quantitative estimate of drug-likeness (QED) is 0.472. The third-order valence-electron chi connectivity index (χ3n) is 1.90. The molecule has 0 heterocycles. The van der Waals surface area contributed by atoms with Gasteiger partial charge in [0, 0.05) is 17.8 Å². The number of nitrogen functional groups attached to an aromatic ring is 1. The van der Waals surface area contributed by atoms with Gasteiger partial charge in [0.1, 0.15) is 5.75 Å². The molecule has 4 heteroatoms. The van der Waals surface area contributed by atoms with Crippen LogP contribution in [0.25, 0.3) is 0 Å². The lowest BCUT2D eigenvalue weighted by Crippen LogP contribution is -2.07. The summed E-state index contributed by atoms with van der Waals surface area (Å²) >= 11 is 1.73. The fraction of sp³-hybridized carbons (Fsp3) is 0.500. The summed E-state index contributed by atoms with van der Waals surface area (Å²) in [5.41, 5.74) is 6.52. The Labute approximate surface area is 101 Å². The molecule has 0 aliphatic carbocycles. The van der Waals surface area contributed by atoms with E-state index in [1.54, 1.807) is 18.9 Å². The van der Waals surface area contributed by atoms with Crippen molar-refractivity contribution < 1.29 is 9.47 Å². The molecule has 2 N–H and O–H groups in total. The molecule has 0 aliphatic rings. The molecule has 0 fully saturated rings. The third kappa shape index (κ3) is 4.33. The smallest absolute Gasteiger partial charge is 0.143 e. The van der Waals surface area contributed by atoms with Crippen LogP contribution < -0.4 is 10.5 Å². The highest BCUT2D eigenvalue weighted by atomic mass is 32.2. The van der Waals surface area contributed by atoms with Crippen LogP contribution in [0.4, 0.5) is 5.69 Å². The second kappa shape index (κ2) is 6.66. The Morgan fingerprint density at radius 3 is 2.75 bits per heavy atom. The molecule has 0 aromatic heterocycles. The summed E-state index contributed by atoms with van der Waals surface area (Å²) in [7, 11) is 1.71. The average Bonchev–Trinajstić information content (AvgIpc) is 2.22. The average molecular weight is 241 g/mol. The van der Waals surface area contributed by atoms with Crippen LogP contribution in [0.3, 0.4) is 0 Å². The number of benzene rings is 1. The van der Waals surface area contributed by atoms with Crippen LogP contribution in [-0.4, -0.2) is 25.6 Å². The van der Waals surface area contributed by atoms with Crippen molar-refractivity contribution in [2.75, 3.05) is 25.2 Å². The van der Waals surface area contributed by atoms with Gasteiger partial charge in [0.15, 0.2) is 0 Å². The Hall–Kier alpha value is -0.870. The van der Waals surface area contributed by atoms with Crippen molar-refractivity contribution in [2.45, 2.75) is 24.8 Å². The highest BCUT2D eigenvalue weighted by Crippen LogP contribution is 2.29. The Kier molecular flexibility index (Phi) is 5.49. The molecule has 0 atom stereocenters. The molecule has 1 aromatic rings. The number of thioether (sulfide) groups is 1. The molecule has 3 nitrogen and oxygen atoms in total. The van der Waals surface area contributed by atoms with Crippen LogP contribution >= 0.6 is 11.8 Å². The fourth-order valence-corrected chi connectivity index (χ4v) is 2.04. The number of hydrogen-bond acceptors (Lipinski definition) is 4. The zero-order chi connectivity index (χ0) is 12.0. The zero-order valence-electron chi connectivity index (χ0n) is 10.0. The van der Waals surface area contributed by atoms with Crippen LogP contribution in [0, 0.1) is 0 Å². The minimum absolute atomic E-state index is 0.140. The zero-order valence-corrected chi connectivity index (χ0v) is 10.8. The van der Waals surface area contributed by atoms with E-state index in [0.717, 1.165) is 23.0 Å². The predicted octanol–water partition coefficient (Wildman–Crippen LogP) is 2.79. The number of nitrogens with two attached hydrogens (primary N) is 1. The van der Waals surface area contributed by atoms with Gasteiger partial charge in [0.2, 0.25) is 0 Å². The minimum atomic E-state index is 0.140. The van der Waals surface area contributed by atoms with Gasteiger partial charge in [-0.3, -0.25) is 0 Å². The summed E-state index contributed by atoms with van der Waals surface area (Å²) in [6, 6.07) is 5.87. The monoisotopic (exact) mass is 241 g/mol. The first-order chi connectivity index (χ1) is 7.63. The van der Waals surface area contributed by atoms with Crippen LogP contribution in [-0.2, 0) is 4.74 Å². The van der Waals surface area contributed by atoms with E-state index in [0.29, 0.717) is 5.69 Å².